The van der Waals surface area contributed by atoms with E-state index in [9.17, 15) is 9.11 Å². The summed E-state index contributed by atoms with van der Waals surface area (Å²) in [6, 6.07) is 7.37. The third-order valence-electron chi connectivity index (χ3n) is 3.08. The smallest absolute Gasteiger partial charge is 0.0752 e. The van der Waals surface area contributed by atoms with E-state index in [0.29, 0.717) is 18.0 Å². The van der Waals surface area contributed by atoms with Gasteiger partial charge in [0.2, 0.25) is 0 Å². The molecule has 102 valence electrons. The molecule has 0 aromatic heterocycles. The largest absolute Gasteiger partial charge is 0.373 e. The van der Waals surface area contributed by atoms with E-state index in [-0.39, 0.29) is 12.2 Å². The highest BCUT2D eigenvalue weighted by Gasteiger charge is 2.32. The van der Waals surface area contributed by atoms with E-state index in [0.717, 1.165) is 5.56 Å². The standard InChI is InChI=1S/C13H21NO3S/c1-10-4-6-13(7-5-10)18(15,16)14-8-11(2)17-12(3)9-14/h4-7,11-12,15-16H,8-9H2,1-3H3. The topological polar surface area (TPSA) is 52.9 Å². The second-order valence-corrected chi connectivity index (χ2v) is 6.96. The number of benzene rings is 1. The number of hydrogen-bond acceptors (Lipinski definition) is 4. The summed E-state index contributed by atoms with van der Waals surface area (Å²) < 4.78 is 28.2. The van der Waals surface area contributed by atoms with Crippen LogP contribution in [-0.2, 0) is 4.74 Å². The first-order valence-electron chi connectivity index (χ1n) is 6.15. The van der Waals surface area contributed by atoms with Crippen LogP contribution in [0.3, 0.4) is 0 Å². The maximum absolute atomic E-state index is 10.4. The van der Waals surface area contributed by atoms with Gasteiger partial charge in [0.15, 0.2) is 0 Å². The molecule has 1 aromatic rings. The molecule has 0 bridgehead atoms. The fourth-order valence-electron chi connectivity index (χ4n) is 2.21. The van der Waals surface area contributed by atoms with Crippen molar-refractivity contribution in [3.8, 4) is 0 Å². The number of nitrogens with zero attached hydrogens (tertiary/aromatic N) is 1. The highest BCUT2D eigenvalue weighted by Crippen LogP contribution is 2.52. The molecular formula is C13H21NO3S. The first kappa shape index (κ1) is 13.8. The molecule has 1 fully saturated rings. The predicted octanol–water partition coefficient (Wildman–Crippen LogP) is 3.13. The van der Waals surface area contributed by atoms with Gasteiger partial charge in [0.1, 0.15) is 0 Å². The van der Waals surface area contributed by atoms with Crippen molar-refractivity contribution in [2.24, 2.45) is 0 Å². The van der Waals surface area contributed by atoms with Gasteiger partial charge >= 0.3 is 0 Å². The molecule has 0 amide bonds. The summed E-state index contributed by atoms with van der Waals surface area (Å²) >= 11 is 0. The zero-order chi connectivity index (χ0) is 13.3. The van der Waals surface area contributed by atoms with Crippen molar-refractivity contribution in [1.82, 2.24) is 4.31 Å². The lowest BCUT2D eigenvalue weighted by molar-refractivity contribution is -0.0464. The van der Waals surface area contributed by atoms with Gasteiger partial charge in [-0.2, -0.15) is 4.31 Å². The first-order valence-corrected chi connectivity index (χ1v) is 7.65. The lowest BCUT2D eigenvalue weighted by Gasteiger charge is -2.47. The SMILES string of the molecule is Cc1ccc(S(O)(O)N2CC(C)OC(C)C2)cc1. The Kier molecular flexibility index (Phi) is 3.99. The molecule has 18 heavy (non-hydrogen) atoms. The quantitative estimate of drug-likeness (QED) is 0.867. The van der Waals surface area contributed by atoms with Crippen LogP contribution in [0.2, 0.25) is 0 Å². The molecule has 2 N–H and O–H groups in total. The average Bonchev–Trinajstić information content (AvgIpc) is 2.28. The van der Waals surface area contributed by atoms with Gasteiger partial charge in [0.05, 0.1) is 17.1 Å². The molecule has 0 aliphatic carbocycles. The fraction of sp³-hybridized carbons (Fsp3) is 0.538. The second-order valence-electron chi connectivity index (χ2n) is 4.94. The minimum Gasteiger partial charge on any atom is -0.373 e. The van der Waals surface area contributed by atoms with Crippen LogP contribution in [0.25, 0.3) is 0 Å². The molecular weight excluding hydrogens is 250 g/mol. The normalized spacial score (nSPS) is 27.2. The third-order valence-corrected chi connectivity index (χ3v) is 5.01. The van der Waals surface area contributed by atoms with Crippen molar-refractivity contribution in [2.75, 3.05) is 13.1 Å². The summed E-state index contributed by atoms with van der Waals surface area (Å²) in [5.41, 5.74) is 1.11. The zero-order valence-electron chi connectivity index (χ0n) is 11.0. The molecule has 1 saturated heterocycles. The monoisotopic (exact) mass is 271 g/mol. The van der Waals surface area contributed by atoms with Gasteiger partial charge in [-0.15, -0.1) is 10.8 Å². The van der Waals surface area contributed by atoms with Crippen LogP contribution in [0.15, 0.2) is 29.2 Å². The van der Waals surface area contributed by atoms with Crippen molar-refractivity contribution in [3.63, 3.8) is 0 Å². The lowest BCUT2D eigenvalue weighted by Crippen LogP contribution is -2.46. The van der Waals surface area contributed by atoms with E-state index >= 15 is 0 Å². The van der Waals surface area contributed by atoms with Gasteiger partial charge < -0.3 is 4.74 Å². The van der Waals surface area contributed by atoms with Crippen LogP contribution in [-0.4, -0.2) is 38.7 Å². The first-order chi connectivity index (χ1) is 8.39. The highest BCUT2D eigenvalue weighted by atomic mass is 32.3. The van der Waals surface area contributed by atoms with E-state index in [2.05, 4.69) is 0 Å². The van der Waals surface area contributed by atoms with Crippen LogP contribution in [0.1, 0.15) is 19.4 Å². The summed E-state index contributed by atoms with van der Waals surface area (Å²) in [6.07, 6.45) is 0.0377. The Morgan fingerprint density at radius 2 is 1.61 bits per heavy atom. The fourth-order valence-corrected chi connectivity index (χ4v) is 3.84. The maximum Gasteiger partial charge on any atom is 0.0752 e. The van der Waals surface area contributed by atoms with Crippen molar-refractivity contribution in [1.29, 1.82) is 0 Å². The third kappa shape index (κ3) is 2.87. The Hall–Kier alpha value is -0.590. The van der Waals surface area contributed by atoms with E-state index in [1.54, 1.807) is 16.4 Å². The Balaban J connectivity index is 2.21. The van der Waals surface area contributed by atoms with E-state index in [1.165, 1.54) is 0 Å². The van der Waals surface area contributed by atoms with Crippen molar-refractivity contribution >= 4 is 10.8 Å². The number of morpholine rings is 1. The molecule has 5 heteroatoms. The molecule has 1 aliphatic heterocycles. The summed E-state index contributed by atoms with van der Waals surface area (Å²) in [5, 5.41) is 0. The molecule has 2 rings (SSSR count). The van der Waals surface area contributed by atoms with Crippen molar-refractivity contribution in [3.05, 3.63) is 29.8 Å². The van der Waals surface area contributed by atoms with E-state index < -0.39 is 10.8 Å². The number of rotatable bonds is 2. The second kappa shape index (κ2) is 5.19. The molecule has 1 aromatic carbocycles. The zero-order valence-corrected chi connectivity index (χ0v) is 11.9. The molecule has 0 spiro atoms. The molecule has 1 aliphatic rings. The molecule has 2 atom stereocenters. The van der Waals surface area contributed by atoms with Gasteiger partial charge in [0, 0.05) is 13.1 Å². The van der Waals surface area contributed by atoms with Gasteiger partial charge in [-0.25, -0.2) is 0 Å². The van der Waals surface area contributed by atoms with E-state index in [1.807, 2.05) is 32.9 Å². The summed E-state index contributed by atoms with van der Waals surface area (Å²) in [4.78, 5) is 0.578. The molecule has 0 saturated carbocycles. The van der Waals surface area contributed by atoms with Crippen molar-refractivity contribution in [2.45, 2.75) is 37.9 Å². The van der Waals surface area contributed by atoms with Gasteiger partial charge in [-0.05, 0) is 32.9 Å². The highest BCUT2D eigenvalue weighted by molar-refractivity contribution is 8.22. The van der Waals surface area contributed by atoms with Crippen LogP contribution in [0.5, 0.6) is 0 Å². The average molecular weight is 271 g/mol. The Morgan fingerprint density at radius 3 is 2.11 bits per heavy atom. The number of hydrogen-bond donors (Lipinski definition) is 2. The van der Waals surface area contributed by atoms with Gasteiger partial charge in [-0.1, -0.05) is 17.7 Å². The van der Waals surface area contributed by atoms with Crippen molar-refractivity contribution < 1.29 is 13.8 Å². The predicted molar refractivity (Wildman–Crippen MR) is 73.9 cm³/mol. The summed E-state index contributed by atoms with van der Waals surface area (Å²) in [7, 11) is -2.89. The van der Waals surface area contributed by atoms with Crippen LogP contribution in [0.4, 0.5) is 0 Å². The molecule has 0 radical (unpaired) electrons. The Bertz CT molecular complexity index is 397. The number of aryl methyl sites for hydroxylation is 1. The van der Waals surface area contributed by atoms with Crippen LogP contribution >= 0.6 is 10.8 Å². The minimum absolute atomic E-state index is 0.0189. The number of ether oxygens (including phenoxy) is 1. The van der Waals surface area contributed by atoms with Crippen LogP contribution in [0, 0.1) is 6.92 Å². The molecule has 1 heterocycles. The molecule has 2 unspecified atom stereocenters. The Morgan fingerprint density at radius 1 is 1.11 bits per heavy atom. The van der Waals surface area contributed by atoms with Crippen LogP contribution < -0.4 is 0 Å². The minimum atomic E-state index is -2.89. The summed E-state index contributed by atoms with van der Waals surface area (Å²) in [5.74, 6) is 0. The summed E-state index contributed by atoms with van der Waals surface area (Å²) in [6.45, 7) is 6.97. The lowest BCUT2D eigenvalue weighted by atomic mass is 10.2. The molecule has 4 nitrogen and oxygen atoms in total. The van der Waals surface area contributed by atoms with Gasteiger partial charge in [0.25, 0.3) is 0 Å². The maximum atomic E-state index is 10.4. The Labute approximate surface area is 110 Å². The van der Waals surface area contributed by atoms with Gasteiger partial charge in [-0.3, -0.25) is 9.11 Å². The van der Waals surface area contributed by atoms with E-state index in [4.69, 9.17) is 4.74 Å².